The molecule has 2 aliphatic heterocycles. The molecular formula is C32H54O12. The molecule has 2 saturated carbocycles. The van der Waals surface area contributed by atoms with Crippen LogP contribution in [0.3, 0.4) is 0 Å². The molecule has 0 aromatic rings. The van der Waals surface area contributed by atoms with Crippen molar-refractivity contribution in [3.63, 3.8) is 0 Å². The van der Waals surface area contributed by atoms with Crippen LogP contribution in [0, 0.1) is 22.7 Å². The minimum absolute atomic E-state index is 0.0197. The van der Waals surface area contributed by atoms with Crippen molar-refractivity contribution in [2.45, 2.75) is 127 Å². The van der Waals surface area contributed by atoms with Crippen molar-refractivity contribution in [2.75, 3.05) is 26.4 Å². The van der Waals surface area contributed by atoms with Crippen LogP contribution in [0.15, 0.2) is 23.8 Å². The lowest BCUT2D eigenvalue weighted by Crippen LogP contribution is -2.60. The predicted molar refractivity (Wildman–Crippen MR) is 158 cm³/mol. The van der Waals surface area contributed by atoms with E-state index in [0.717, 1.165) is 50.5 Å². The van der Waals surface area contributed by atoms with Crippen LogP contribution in [0.4, 0.5) is 0 Å². The van der Waals surface area contributed by atoms with Crippen LogP contribution in [0.2, 0.25) is 0 Å². The molecule has 0 spiro atoms. The molecule has 2 aliphatic carbocycles. The molecule has 0 radical (unpaired) electrons. The van der Waals surface area contributed by atoms with E-state index in [1.165, 1.54) is 5.57 Å². The molecule has 0 amide bonds. The van der Waals surface area contributed by atoms with Crippen molar-refractivity contribution in [1.29, 1.82) is 0 Å². The zero-order chi connectivity index (χ0) is 32.4. The second-order valence-corrected chi connectivity index (χ2v) is 13.9. The van der Waals surface area contributed by atoms with E-state index in [9.17, 15) is 40.9 Å². The fourth-order valence-corrected chi connectivity index (χ4v) is 8.23. The van der Waals surface area contributed by atoms with Gasteiger partial charge in [-0.1, -0.05) is 44.1 Å². The average molecular weight is 631 g/mol. The topological polar surface area (TPSA) is 199 Å². The first kappa shape index (κ1) is 35.8. The Labute approximate surface area is 259 Å². The first-order chi connectivity index (χ1) is 20.8. The number of aliphatic hydroxyl groups is 8. The fraction of sp³-hybridized carbons (Fsp3) is 0.875. The number of aliphatic hydroxyl groups excluding tert-OH is 8. The Bertz CT molecular complexity index is 988. The van der Waals surface area contributed by atoms with Gasteiger partial charge in [0.05, 0.1) is 26.4 Å². The smallest absolute Gasteiger partial charge is 0.187 e. The van der Waals surface area contributed by atoms with Gasteiger partial charge in [0.1, 0.15) is 48.8 Å². The minimum Gasteiger partial charge on any atom is -0.394 e. The molecule has 4 rings (SSSR count). The summed E-state index contributed by atoms with van der Waals surface area (Å²) in [5.41, 5.74) is 2.11. The molecule has 12 nitrogen and oxygen atoms in total. The molecule has 2 heterocycles. The van der Waals surface area contributed by atoms with Gasteiger partial charge in [0.25, 0.3) is 0 Å². The SMILES string of the molecule is C=C1CC[C@H]2[C@](C)(CO[C@@H]3O[C@H](CO)[C@@H](O)[C@H](O)[C@H]3O)CCC[C@]2(C)[C@H]1CC/C(C)=C/CO[C@@H]1O[C@H](CO)[C@@H](O)[C@H](O)[C@H]1O. The van der Waals surface area contributed by atoms with Crippen molar-refractivity contribution < 1.29 is 59.8 Å². The highest BCUT2D eigenvalue weighted by Crippen LogP contribution is 2.62. The van der Waals surface area contributed by atoms with Crippen LogP contribution in [0.25, 0.3) is 0 Å². The maximum atomic E-state index is 10.5. The zero-order valence-electron chi connectivity index (χ0n) is 26.2. The highest BCUT2D eigenvalue weighted by molar-refractivity contribution is 5.17. The normalized spacial score (nSPS) is 47.0. The number of ether oxygens (including phenoxy) is 4. The summed E-state index contributed by atoms with van der Waals surface area (Å²) < 4.78 is 22.8. The van der Waals surface area contributed by atoms with Gasteiger partial charge in [-0.3, -0.25) is 0 Å². The second-order valence-electron chi connectivity index (χ2n) is 13.9. The van der Waals surface area contributed by atoms with Gasteiger partial charge in [-0.05, 0) is 68.1 Å². The van der Waals surface area contributed by atoms with Gasteiger partial charge in [0, 0.05) is 0 Å². The van der Waals surface area contributed by atoms with E-state index in [4.69, 9.17) is 18.9 Å². The Balaban J connectivity index is 1.36. The summed E-state index contributed by atoms with van der Waals surface area (Å²) in [6.07, 6.45) is -4.51. The number of hydrogen-bond donors (Lipinski definition) is 8. The molecule has 14 atom stereocenters. The van der Waals surface area contributed by atoms with E-state index in [-0.39, 0.29) is 23.4 Å². The summed E-state index contributed by atoms with van der Waals surface area (Å²) in [5.74, 6) is 0.603. The van der Waals surface area contributed by atoms with Crippen LogP contribution in [0.5, 0.6) is 0 Å². The third kappa shape index (κ3) is 7.27. The monoisotopic (exact) mass is 630 g/mol. The van der Waals surface area contributed by atoms with Gasteiger partial charge in [0.15, 0.2) is 12.6 Å². The Kier molecular flexibility index (Phi) is 12.1. The van der Waals surface area contributed by atoms with E-state index < -0.39 is 74.6 Å². The van der Waals surface area contributed by atoms with Gasteiger partial charge in [-0.25, -0.2) is 0 Å². The Morgan fingerprint density at radius 2 is 1.43 bits per heavy atom. The van der Waals surface area contributed by atoms with Gasteiger partial charge in [0.2, 0.25) is 0 Å². The Morgan fingerprint density at radius 3 is 2.00 bits per heavy atom. The summed E-state index contributed by atoms with van der Waals surface area (Å²) in [7, 11) is 0. The molecule has 0 unspecified atom stereocenters. The Morgan fingerprint density at radius 1 is 0.864 bits per heavy atom. The van der Waals surface area contributed by atoms with Crippen molar-refractivity contribution >= 4 is 0 Å². The molecule has 2 saturated heterocycles. The van der Waals surface area contributed by atoms with E-state index in [1.54, 1.807) is 0 Å². The van der Waals surface area contributed by atoms with Gasteiger partial charge in [-0.2, -0.15) is 0 Å². The summed E-state index contributed by atoms with van der Waals surface area (Å²) in [6.45, 7) is 10.5. The van der Waals surface area contributed by atoms with E-state index in [1.807, 2.05) is 13.0 Å². The Hall–Kier alpha value is -1.00. The first-order valence-electron chi connectivity index (χ1n) is 15.9. The summed E-state index contributed by atoms with van der Waals surface area (Å²) in [6, 6.07) is 0. The third-order valence-electron chi connectivity index (χ3n) is 10.9. The molecule has 12 heteroatoms. The lowest BCUT2D eigenvalue weighted by molar-refractivity contribution is -0.309. The van der Waals surface area contributed by atoms with Crippen LogP contribution in [-0.4, -0.2) is 129 Å². The summed E-state index contributed by atoms with van der Waals surface area (Å²) >= 11 is 0. The van der Waals surface area contributed by atoms with Gasteiger partial charge < -0.3 is 59.8 Å². The van der Waals surface area contributed by atoms with Crippen molar-refractivity contribution in [3.8, 4) is 0 Å². The van der Waals surface area contributed by atoms with Crippen LogP contribution >= 0.6 is 0 Å². The largest absolute Gasteiger partial charge is 0.394 e. The number of rotatable bonds is 11. The highest BCUT2D eigenvalue weighted by Gasteiger charge is 2.55. The molecular weight excluding hydrogens is 576 g/mol. The van der Waals surface area contributed by atoms with Gasteiger partial charge >= 0.3 is 0 Å². The standard InChI is InChI=1S/C32H54O12/c1-17(10-13-41-29-27(39)25(37)23(35)20(14-33)43-29)6-8-19-18(2)7-9-22-31(3,11-5-12-32(19,22)4)16-42-30-28(40)26(38)24(36)21(15-34)44-30/h10,19-30,33-40H,2,5-9,11-16H2,1,3-4H3/b17-10+/t19-,20+,21+,22-,23+,24+,25-,26-,27+,28+,29+,30+,31-,32+/m0/s1. The third-order valence-corrected chi connectivity index (χ3v) is 10.9. The average Bonchev–Trinajstić information content (AvgIpc) is 2.99. The van der Waals surface area contributed by atoms with Crippen LogP contribution in [0.1, 0.15) is 65.7 Å². The molecule has 254 valence electrons. The highest BCUT2D eigenvalue weighted by atomic mass is 16.7. The lowest BCUT2D eigenvalue weighted by Gasteiger charge is -2.59. The number of fused-ring (bicyclic) bond motifs is 1. The molecule has 8 N–H and O–H groups in total. The molecule has 0 aromatic carbocycles. The fourth-order valence-electron chi connectivity index (χ4n) is 8.23. The van der Waals surface area contributed by atoms with Crippen molar-refractivity contribution in [2.24, 2.45) is 22.7 Å². The van der Waals surface area contributed by atoms with Crippen LogP contribution < -0.4 is 0 Å². The van der Waals surface area contributed by atoms with E-state index >= 15 is 0 Å². The molecule has 4 aliphatic rings. The van der Waals surface area contributed by atoms with Gasteiger partial charge in [-0.15, -0.1) is 0 Å². The molecule has 44 heavy (non-hydrogen) atoms. The maximum Gasteiger partial charge on any atom is 0.187 e. The first-order valence-corrected chi connectivity index (χ1v) is 15.9. The lowest BCUT2D eigenvalue weighted by atomic mass is 9.47. The maximum absolute atomic E-state index is 10.5. The number of allylic oxidation sites excluding steroid dienone is 2. The van der Waals surface area contributed by atoms with E-state index in [0.29, 0.717) is 12.5 Å². The molecule has 4 fully saturated rings. The molecule has 0 aromatic heterocycles. The van der Waals surface area contributed by atoms with E-state index in [2.05, 4.69) is 20.4 Å². The quantitative estimate of drug-likeness (QED) is 0.144. The second kappa shape index (κ2) is 14.8. The number of hydrogen-bond acceptors (Lipinski definition) is 12. The minimum atomic E-state index is -1.48. The molecule has 0 bridgehead atoms. The summed E-state index contributed by atoms with van der Waals surface area (Å²) in [5, 5.41) is 79.9. The predicted octanol–water partition coefficient (Wildman–Crippen LogP) is 0.125. The van der Waals surface area contributed by atoms with Crippen molar-refractivity contribution in [3.05, 3.63) is 23.8 Å². The van der Waals surface area contributed by atoms with Crippen LogP contribution in [-0.2, 0) is 18.9 Å². The zero-order valence-corrected chi connectivity index (χ0v) is 26.2. The summed E-state index contributed by atoms with van der Waals surface area (Å²) in [4.78, 5) is 0. The van der Waals surface area contributed by atoms with Crippen molar-refractivity contribution in [1.82, 2.24) is 0 Å².